The number of aromatic nitrogens is 1. The lowest BCUT2D eigenvalue weighted by Gasteiger charge is -2.02. The molecule has 0 saturated carbocycles. The molecule has 0 atom stereocenters. The summed E-state index contributed by atoms with van der Waals surface area (Å²) in [4.78, 5) is 4.15. The number of hydrogen-bond donors (Lipinski definition) is 1. The molecule has 0 radical (unpaired) electrons. The van der Waals surface area contributed by atoms with Crippen molar-refractivity contribution in [2.24, 2.45) is 0 Å². The first-order chi connectivity index (χ1) is 9.72. The summed E-state index contributed by atoms with van der Waals surface area (Å²) in [7, 11) is 0. The summed E-state index contributed by atoms with van der Waals surface area (Å²) in [6.45, 7) is 0.582. The molecule has 3 nitrogen and oxygen atoms in total. The molecule has 0 fully saturated rings. The van der Waals surface area contributed by atoms with E-state index in [1.54, 1.807) is 29.7 Å². The molecule has 1 N–H and O–H groups in total. The second-order valence-corrected chi connectivity index (χ2v) is 5.82. The number of furan rings is 1. The predicted octanol–water partition coefficient (Wildman–Crippen LogP) is 5.32. The zero-order valence-corrected chi connectivity index (χ0v) is 12.6. The van der Waals surface area contributed by atoms with Gasteiger partial charge in [0.05, 0.1) is 11.6 Å². The van der Waals surface area contributed by atoms with E-state index < -0.39 is 0 Å². The van der Waals surface area contributed by atoms with Crippen molar-refractivity contribution < 1.29 is 4.42 Å². The maximum absolute atomic E-state index is 6.16. The zero-order chi connectivity index (χ0) is 13.9. The number of benzene rings is 1. The van der Waals surface area contributed by atoms with E-state index in [1.165, 1.54) is 0 Å². The van der Waals surface area contributed by atoms with E-state index >= 15 is 0 Å². The van der Waals surface area contributed by atoms with Crippen molar-refractivity contribution in [3.8, 4) is 11.3 Å². The highest BCUT2D eigenvalue weighted by Crippen LogP contribution is 2.31. The van der Waals surface area contributed by atoms with Crippen LogP contribution < -0.4 is 5.32 Å². The Kier molecular flexibility index (Phi) is 3.96. The van der Waals surface area contributed by atoms with Crippen LogP contribution in [0.25, 0.3) is 11.3 Å². The molecule has 3 aromatic rings. The van der Waals surface area contributed by atoms with Crippen LogP contribution in [-0.2, 0) is 6.54 Å². The Labute approximate surface area is 130 Å². The molecule has 0 aliphatic heterocycles. The number of nitrogens with zero attached hydrogens (tertiary/aromatic N) is 1. The Balaban J connectivity index is 1.76. The lowest BCUT2D eigenvalue weighted by molar-refractivity contribution is 0.531. The van der Waals surface area contributed by atoms with Crippen LogP contribution in [0.5, 0.6) is 0 Å². The zero-order valence-electron chi connectivity index (χ0n) is 10.3. The molecule has 0 bridgehead atoms. The molecule has 102 valence electrons. The second-order valence-electron chi connectivity index (χ2n) is 4.08. The molecule has 0 aliphatic rings. The minimum Gasteiger partial charge on any atom is -0.459 e. The number of thiazole rings is 1. The predicted molar refractivity (Wildman–Crippen MR) is 83.6 cm³/mol. The van der Waals surface area contributed by atoms with Crippen molar-refractivity contribution in [3.05, 3.63) is 57.7 Å². The van der Waals surface area contributed by atoms with Crippen LogP contribution in [0.2, 0.25) is 10.0 Å². The highest BCUT2D eigenvalue weighted by molar-refractivity contribution is 7.13. The van der Waals surface area contributed by atoms with Gasteiger partial charge in [-0.15, -0.1) is 11.3 Å². The first kappa shape index (κ1) is 13.5. The maximum atomic E-state index is 6.16. The largest absolute Gasteiger partial charge is 0.459 e. The van der Waals surface area contributed by atoms with Crippen LogP contribution in [-0.4, -0.2) is 4.98 Å². The molecule has 0 aliphatic carbocycles. The molecular formula is C14H10Cl2N2OS. The van der Waals surface area contributed by atoms with E-state index in [-0.39, 0.29) is 0 Å². The Hall–Kier alpha value is -1.49. The molecule has 0 spiro atoms. The summed E-state index contributed by atoms with van der Waals surface area (Å²) >= 11 is 13.6. The molecule has 6 heteroatoms. The third kappa shape index (κ3) is 2.98. The van der Waals surface area contributed by atoms with E-state index in [9.17, 15) is 0 Å². The van der Waals surface area contributed by atoms with Gasteiger partial charge in [-0.2, -0.15) is 0 Å². The van der Waals surface area contributed by atoms with Gasteiger partial charge in [-0.1, -0.05) is 23.2 Å². The molecule has 2 aromatic heterocycles. The van der Waals surface area contributed by atoms with Crippen molar-refractivity contribution >= 4 is 39.7 Å². The smallest absolute Gasteiger partial charge is 0.182 e. The highest BCUT2D eigenvalue weighted by atomic mass is 35.5. The molecule has 0 amide bonds. The van der Waals surface area contributed by atoms with Gasteiger partial charge in [-0.3, -0.25) is 0 Å². The lowest BCUT2D eigenvalue weighted by atomic mass is 10.2. The summed E-state index contributed by atoms with van der Waals surface area (Å²) in [6.07, 6.45) is 1.76. The first-order valence-corrected chi connectivity index (χ1v) is 7.53. The van der Waals surface area contributed by atoms with E-state index in [0.29, 0.717) is 16.6 Å². The third-order valence-corrected chi connectivity index (χ3v) is 3.98. The van der Waals surface area contributed by atoms with Crippen LogP contribution in [0.3, 0.4) is 0 Å². The molecule has 3 rings (SSSR count). The molecule has 0 saturated heterocycles. The van der Waals surface area contributed by atoms with Crippen LogP contribution in [0.4, 0.5) is 5.13 Å². The summed E-state index contributed by atoms with van der Waals surface area (Å²) < 4.78 is 5.78. The van der Waals surface area contributed by atoms with Crippen molar-refractivity contribution in [1.82, 2.24) is 4.98 Å². The van der Waals surface area contributed by atoms with Gasteiger partial charge < -0.3 is 9.73 Å². The number of hydrogen-bond acceptors (Lipinski definition) is 4. The summed E-state index contributed by atoms with van der Waals surface area (Å²) in [5.74, 6) is 1.55. The number of rotatable bonds is 4. The fourth-order valence-electron chi connectivity index (χ4n) is 1.78. The fraction of sp³-hybridized carbons (Fsp3) is 0.0714. The van der Waals surface area contributed by atoms with Gasteiger partial charge in [0.2, 0.25) is 0 Å². The van der Waals surface area contributed by atoms with Crippen LogP contribution in [0.1, 0.15) is 5.76 Å². The second kappa shape index (κ2) is 5.87. The number of nitrogens with one attached hydrogen (secondary N) is 1. The maximum Gasteiger partial charge on any atom is 0.182 e. The Morgan fingerprint density at radius 3 is 2.85 bits per heavy atom. The van der Waals surface area contributed by atoms with E-state index in [0.717, 1.165) is 22.2 Å². The van der Waals surface area contributed by atoms with E-state index in [1.807, 2.05) is 23.6 Å². The summed E-state index contributed by atoms with van der Waals surface area (Å²) in [5, 5.41) is 7.16. The quantitative estimate of drug-likeness (QED) is 0.705. The molecule has 0 unspecified atom stereocenters. The topological polar surface area (TPSA) is 38.1 Å². The van der Waals surface area contributed by atoms with Gasteiger partial charge in [0, 0.05) is 22.2 Å². The third-order valence-electron chi connectivity index (χ3n) is 2.70. The van der Waals surface area contributed by atoms with E-state index in [2.05, 4.69) is 10.3 Å². The Bertz CT molecular complexity index is 710. The van der Waals surface area contributed by atoms with Gasteiger partial charge in [0.1, 0.15) is 11.5 Å². The molecule has 20 heavy (non-hydrogen) atoms. The van der Waals surface area contributed by atoms with Crippen LogP contribution in [0.15, 0.2) is 46.3 Å². The fourth-order valence-corrected chi connectivity index (χ4v) is 2.81. The van der Waals surface area contributed by atoms with Gasteiger partial charge >= 0.3 is 0 Å². The van der Waals surface area contributed by atoms with Crippen molar-refractivity contribution in [2.45, 2.75) is 6.54 Å². The van der Waals surface area contributed by atoms with Crippen LogP contribution >= 0.6 is 34.5 Å². The average molecular weight is 325 g/mol. The Morgan fingerprint density at radius 2 is 2.10 bits per heavy atom. The van der Waals surface area contributed by atoms with Crippen molar-refractivity contribution in [2.75, 3.05) is 5.32 Å². The Morgan fingerprint density at radius 1 is 1.20 bits per heavy atom. The van der Waals surface area contributed by atoms with Crippen LogP contribution in [0, 0.1) is 0 Å². The minimum atomic E-state index is 0.575. The van der Waals surface area contributed by atoms with Gasteiger partial charge in [0.15, 0.2) is 5.13 Å². The number of halogens is 2. The SMILES string of the molecule is Clc1ccc(-c2ccc(CNc3nccs3)o2)c(Cl)c1. The first-order valence-electron chi connectivity index (χ1n) is 5.90. The van der Waals surface area contributed by atoms with E-state index in [4.69, 9.17) is 27.6 Å². The summed E-state index contributed by atoms with van der Waals surface area (Å²) in [5.41, 5.74) is 0.830. The lowest BCUT2D eigenvalue weighted by Crippen LogP contribution is -1.96. The van der Waals surface area contributed by atoms with Crippen molar-refractivity contribution in [3.63, 3.8) is 0 Å². The average Bonchev–Trinajstić information content (AvgIpc) is 3.07. The molecular weight excluding hydrogens is 315 g/mol. The van der Waals surface area contributed by atoms with Gasteiger partial charge in [0.25, 0.3) is 0 Å². The molecule has 2 heterocycles. The number of anilines is 1. The standard InChI is InChI=1S/C14H10Cl2N2OS/c15-9-1-3-11(12(16)7-9)13-4-2-10(19-13)8-18-14-17-5-6-20-14/h1-7H,8H2,(H,17,18). The normalized spacial score (nSPS) is 10.7. The minimum absolute atomic E-state index is 0.575. The summed E-state index contributed by atoms with van der Waals surface area (Å²) in [6, 6.07) is 9.16. The highest BCUT2D eigenvalue weighted by Gasteiger charge is 2.09. The van der Waals surface area contributed by atoms with Gasteiger partial charge in [-0.05, 0) is 30.3 Å². The van der Waals surface area contributed by atoms with Gasteiger partial charge in [-0.25, -0.2) is 4.98 Å². The van der Waals surface area contributed by atoms with Crippen molar-refractivity contribution in [1.29, 1.82) is 0 Å². The molecule has 1 aromatic carbocycles. The monoisotopic (exact) mass is 324 g/mol.